The van der Waals surface area contributed by atoms with Crippen molar-refractivity contribution in [3.05, 3.63) is 29.8 Å². The van der Waals surface area contributed by atoms with Gasteiger partial charge in [-0.15, -0.1) is 0 Å². The summed E-state index contributed by atoms with van der Waals surface area (Å²) in [5.41, 5.74) is 6.64. The van der Waals surface area contributed by atoms with E-state index in [1.165, 1.54) is 0 Å². The van der Waals surface area contributed by atoms with Crippen LogP contribution in [0.15, 0.2) is 24.3 Å². The first-order valence-electron chi connectivity index (χ1n) is 6.65. The summed E-state index contributed by atoms with van der Waals surface area (Å²) in [5, 5.41) is 14.5. The molecule has 1 aliphatic rings. The first-order chi connectivity index (χ1) is 9.54. The van der Waals surface area contributed by atoms with Crippen LogP contribution < -0.4 is 16.4 Å². The van der Waals surface area contributed by atoms with Crippen LogP contribution >= 0.6 is 0 Å². The maximum atomic E-state index is 11.8. The van der Waals surface area contributed by atoms with E-state index < -0.39 is 6.04 Å². The van der Waals surface area contributed by atoms with E-state index in [-0.39, 0.29) is 30.2 Å². The Morgan fingerprint density at radius 3 is 2.55 bits per heavy atom. The van der Waals surface area contributed by atoms with Gasteiger partial charge in [0.05, 0.1) is 12.6 Å². The van der Waals surface area contributed by atoms with Gasteiger partial charge in [-0.05, 0) is 37.0 Å². The van der Waals surface area contributed by atoms with E-state index in [0.717, 1.165) is 18.4 Å². The number of hydrogen-bond acceptors (Lipinski definition) is 4. The van der Waals surface area contributed by atoms with Crippen molar-refractivity contribution in [2.45, 2.75) is 31.3 Å². The Kier molecular flexibility index (Phi) is 4.57. The first-order valence-corrected chi connectivity index (χ1v) is 6.65. The molecule has 0 spiro atoms. The molecule has 0 heterocycles. The third-order valence-electron chi connectivity index (χ3n) is 3.09. The number of rotatable bonds is 6. The molecule has 5 N–H and O–H groups in total. The molecule has 0 aromatic heterocycles. The summed E-state index contributed by atoms with van der Waals surface area (Å²) in [6.45, 7) is -0.0430. The van der Waals surface area contributed by atoms with Gasteiger partial charge in [0.25, 0.3) is 0 Å². The minimum atomic E-state index is -0.715. The predicted octanol–water partition coefficient (Wildman–Crippen LogP) is -0.343. The predicted molar refractivity (Wildman–Crippen MR) is 74.0 cm³/mol. The van der Waals surface area contributed by atoms with E-state index in [9.17, 15) is 9.59 Å². The number of benzene rings is 1. The number of aromatic hydroxyl groups is 1. The molecule has 0 bridgehead atoms. The van der Waals surface area contributed by atoms with Gasteiger partial charge in [0.15, 0.2) is 0 Å². The van der Waals surface area contributed by atoms with Crippen LogP contribution in [-0.4, -0.2) is 35.5 Å². The number of amides is 2. The van der Waals surface area contributed by atoms with Gasteiger partial charge in [0, 0.05) is 6.04 Å². The molecule has 20 heavy (non-hydrogen) atoms. The Morgan fingerprint density at radius 2 is 1.95 bits per heavy atom. The maximum Gasteiger partial charge on any atom is 0.239 e. The van der Waals surface area contributed by atoms with Crippen LogP contribution in [0.25, 0.3) is 0 Å². The molecule has 1 saturated carbocycles. The summed E-state index contributed by atoms with van der Waals surface area (Å²) in [6, 6.07) is 6.08. The van der Waals surface area contributed by atoms with Crippen LogP contribution in [0, 0.1) is 0 Å². The van der Waals surface area contributed by atoms with E-state index in [0.29, 0.717) is 6.42 Å². The van der Waals surface area contributed by atoms with E-state index in [2.05, 4.69) is 10.6 Å². The molecule has 6 nitrogen and oxygen atoms in total. The van der Waals surface area contributed by atoms with E-state index in [4.69, 9.17) is 10.8 Å². The molecular formula is C14H19N3O3. The fraction of sp³-hybridized carbons (Fsp3) is 0.429. The van der Waals surface area contributed by atoms with Crippen LogP contribution in [0.3, 0.4) is 0 Å². The van der Waals surface area contributed by atoms with Crippen LogP contribution in [0.2, 0.25) is 0 Å². The van der Waals surface area contributed by atoms with Crippen molar-refractivity contribution in [1.82, 2.24) is 10.6 Å². The zero-order valence-electron chi connectivity index (χ0n) is 11.1. The van der Waals surface area contributed by atoms with Crippen molar-refractivity contribution in [2.24, 2.45) is 5.73 Å². The Labute approximate surface area is 117 Å². The molecule has 0 unspecified atom stereocenters. The smallest absolute Gasteiger partial charge is 0.239 e. The summed E-state index contributed by atoms with van der Waals surface area (Å²) in [4.78, 5) is 23.2. The van der Waals surface area contributed by atoms with Gasteiger partial charge < -0.3 is 21.5 Å². The van der Waals surface area contributed by atoms with Crippen molar-refractivity contribution in [3.8, 4) is 5.75 Å². The Morgan fingerprint density at radius 1 is 1.30 bits per heavy atom. The summed E-state index contributed by atoms with van der Waals surface area (Å²) in [6.07, 6.45) is 2.39. The van der Waals surface area contributed by atoms with Crippen molar-refractivity contribution in [3.63, 3.8) is 0 Å². The normalized spacial score (nSPS) is 15.4. The number of carbonyl (C=O) groups is 2. The second-order valence-electron chi connectivity index (χ2n) is 5.04. The third-order valence-corrected chi connectivity index (χ3v) is 3.09. The van der Waals surface area contributed by atoms with E-state index in [1.54, 1.807) is 24.3 Å². The third kappa shape index (κ3) is 4.55. The van der Waals surface area contributed by atoms with Gasteiger partial charge in [-0.25, -0.2) is 0 Å². The zero-order chi connectivity index (χ0) is 14.5. The molecule has 2 amide bonds. The molecule has 0 saturated heterocycles. The minimum Gasteiger partial charge on any atom is -0.508 e. The summed E-state index contributed by atoms with van der Waals surface area (Å²) in [5.74, 6) is -0.370. The van der Waals surface area contributed by atoms with Gasteiger partial charge in [0.1, 0.15) is 5.75 Å². The molecule has 0 aliphatic heterocycles. The van der Waals surface area contributed by atoms with Crippen LogP contribution in [0.1, 0.15) is 18.4 Å². The van der Waals surface area contributed by atoms with Gasteiger partial charge in [0.2, 0.25) is 11.8 Å². The molecule has 1 fully saturated rings. The molecule has 1 aliphatic carbocycles. The highest BCUT2D eigenvalue weighted by molar-refractivity contribution is 5.87. The lowest BCUT2D eigenvalue weighted by molar-refractivity contribution is -0.126. The second-order valence-corrected chi connectivity index (χ2v) is 5.04. The number of hydrogen-bond donors (Lipinski definition) is 4. The van der Waals surface area contributed by atoms with Crippen molar-refractivity contribution in [1.29, 1.82) is 0 Å². The van der Waals surface area contributed by atoms with E-state index in [1.807, 2.05) is 0 Å². The summed E-state index contributed by atoms with van der Waals surface area (Å²) >= 11 is 0. The Balaban J connectivity index is 1.73. The molecule has 1 aromatic rings. The fourth-order valence-corrected chi connectivity index (χ4v) is 1.78. The van der Waals surface area contributed by atoms with E-state index >= 15 is 0 Å². The zero-order valence-corrected chi connectivity index (χ0v) is 11.1. The number of nitrogens with two attached hydrogens (primary N) is 1. The van der Waals surface area contributed by atoms with Crippen molar-refractivity contribution in [2.75, 3.05) is 6.54 Å². The molecule has 1 aromatic carbocycles. The fourth-order valence-electron chi connectivity index (χ4n) is 1.78. The molecule has 2 rings (SSSR count). The first kappa shape index (κ1) is 14.3. The number of phenols is 1. The Hall–Kier alpha value is -2.08. The minimum absolute atomic E-state index is 0.0430. The molecule has 6 heteroatoms. The number of carbonyl (C=O) groups excluding carboxylic acids is 2. The number of phenolic OH excluding ortho intramolecular Hbond substituents is 1. The summed E-state index contributed by atoms with van der Waals surface area (Å²) in [7, 11) is 0. The standard InChI is InChI=1S/C14H19N3O3/c15-12(7-9-1-5-11(18)6-2-9)14(20)16-8-13(19)17-10-3-4-10/h1-2,5-6,10,12,18H,3-4,7-8,15H2,(H,16,20)(H,17,19)/t12-/m1/s1. The van der Waals surface area contributed by atoms with Gasteiger partial charge >= 0.3 is 0 Å². The highest BCUT2D eigenvalue weighted by Gasteiger charge is 2.23. The lowest BCUT2D eigenvalue weighted by atomic mass is 10.1. The SMILES string of the molecule is N[C@H](Cc1ccc(O)cc1)C(=O)NCC(=O)NC1CC1. The van der Waals surface area contributed by atoms with Gasteiger partial charge in [-0.3, -0.25) is 9.59 Å². The molecule has 0 radical (unpaired) electrons. The summed E-state index contributed by atoms with van der Waals surface area (Å²) < 4.78 is 0. The largest absolute Gasteiger partial charge is 0.508 e. The second kappa shape index (κ2) is 6.38. The average molecular weight is 277 g/mol. The number of nitrogens with one attached hydrogen (secondary N) is 2. The average Bonchev–Trinajstić information content (AvgIpc) is 3.22. The van der Waals surface area contributed by atoms with Crippen molar-refractivity contribution < 1.29 is 14.7 Å². The van der Waals surface area contributed by atoms with Crippen LogP contribution in [0.5, 0.6) is 5.75 Å². The maximum absolute atomic E-state index is 11.8. The van der Waals surface area contributed by atoms with Crippen LogP contribution in [0.4, 0.5) is 0 Å². The van der Waals surface area contributed by atoms with Gasteiger partial charge in [-0.2, -0.15) is 0 Å². The quantitative estimate of drug-likeness (QED) is 0.571. The monoisotopic (exact) mass is 277 g/mol. The van der Waals surface area contributed by atoms with Gasteiger partial charge in [-0.1, -0.05) is 12.1 Å². The van der Waals surface area contributed by atoms with Crippen molar-refractivity contribution >= 4 is 11.8 Å². The lowest BCUT2D eigenvalue weighted by Crippen LogP contribution is -2.46. The Bertz CT molecular complexity index is 483. The van der Waals surface area contributed by atoms with Crippen LogP contribution in [-0.2, 0) is 16.0 Å². The molecular weight excluding hydrogens is 258 g/mol. The molecule has 108 valence electrons. The lowest BCUT2D eigenvalue weighted by Gasteiger charge is -2.12. The topological polar surface area (TPSA) is 104 Å². The molecule has 1 atom stereocenters. The highest BCUT2D eigenvalue weighted by atomic mass is 16.3. The highest BCUT2D eigenvalue weighted by Crippen LogP contribution is 2.18.